The minimum atomic E-state index is -0.407. The molecular formula is C26H35ClN2O6. The van der Waals surface area contributed by atoms with Crippen LogP contribution in [0.1, 0.15) is 27.1 Å². The number of halogens is 1. The maximum Gasteiger partial charge on any atom is 0.341 e. The minimum absolute atomic E-state index is 0.362. The number of alkyl halides is 1. The zero-order valence-electron chi connectivity index (χ0n) is 20.9. The standard InChI is InChI=1S/C16H24N2O3.C10H11ClO3/c1-17(2)13-8-9-18(12-13)10-11-21-15-7-5-4-6-14(15)16(19)20-3;1-13-10(12)8-4-2-3-5-9(8)14-7-6-11/h4-7,13H,8-12H2,1-3H3;2-5H,6-7H2,1H3/t13-;/m0./s1. The predicted molar refractivity (Wildman–Crippen MR) is 136 cm³/mol. The molecule has 3 rings (SSSR count). The van der Waals surface area contributed by atoms with Crippen molar-refractivity contribution < 1.29 is 28.5 Å². The second-order valence-electron chi connectivity index (χ2n) is 8.07. The van der Waals surface area contributed by atoms with Crippen LogP contribution in [0.3, 0.4) is 0 Å². The number of methoxy groups -OCH3 is 2. The lowest BCUT2D eigenvalue weighted by atomic mass is 10.2. The number of rotatable bonds is 10. The van der Waals surface area contributed by atoms with Gasteiger partial charge in [0.05, 0.1) is 20.1 Å². The fourth-order valence-corrected chi connectivity index (χ4v) is 3.69. The van der Waals surface area contributed by atoms with E-state index in [1.807, 2.05) is 6.07 Å². The Morgan fingerprint density at radius 1 is 0.914 bits per heavy atom. The number of hydrogen-bond donors (Lipinski definition) is 0. The summed E-state index contributed by atoms with van der Waals surface area (Å²) in [6.45, 7) is 4.00. The van der Waals surface area contributed by atoms with Gasteiger partial charge in [0, 0.05) is 19.1 Å². The molecule has 0 radical (unpaired) electrons. The Morgan fingerprint density at radius 2 is 1.43 bits per heavy atom. The maximum atomic E-state index is 11.7. The van der Waals surface area contributed by atoms with Crippen LogP contribution < -0.4 is 9.47 Å². The van der Waals surface area contributed by atoms with Crippen molar-refractivity contribution in [2.45, 2.75) is 12.5 Å². The molecule has 1 aliphatic heterocycles. The number of carbonyl (C=O) groups is 2. The molecule has 0 saturated carbocycles. The third-order valence-corrected chi connectivity index (χ3v) is 5.72. The number of benzene rings is 2. The molecule has 2 aromatic rings. The average Bonchev–Trinajstić information content (AvgIpc) is 3.37. The SMILES string of the molecule is COC(=O)c1ccccc1OCCCl.COC(=O)c1ccccc1OCCN1CC[C@H](N(C)C)C1. The van der Waals surface area contributed by atoms with Crippen molar-refractivity contribution >= 4 is 23.5 Å². The molecule has 1 fully saturated rings. The van der Waals surface area contributed by atoms with Crippen molar-refractivity contribution in [3.05, 3.63) is 59.7 Å². The van der Waals surface area contributed by atoms with Gasteiger partial charge in [-0.05, 0) is 51.3 Å². The molecular weight excluding hydrogens is 472 g/mol. The van der Waals surface area contributed by atoms with Crippen molar-refractivity contribution in [1.82, 2.24) is 9.80 Å². The summed E-state index contributed by atoms with van der Waals surface area (Å²) in [6, 6.07) is 14.7. The molecule has 8 nitrogen and oxygen atoms in total. The Labute approximate surface area is 212 Å². The molecule has 0 N–H and O–H groups in total. The third-order valence-electron chi connectivity index (χ3n) is 5.56. The van der Waals surface area contributed by atoms with E-state index in [0.29, 0.717) is 47.8 Å². The van der Waals surface area contributed by atoms with Crippen molar-refractivity contribution in [1.29, 1.82) is 0 Å². The topological polar surface area (TPSA) is 77.5 Å². The lowest BCUT2D eigenvalue weighted by Crippen LogP contribution is -2.33. The van der Waals surface area contributed by atoms with E-state index in [9.17, 15) is 9.59 Å². The Balaban J connectivity index is 0.000000269. The number of hydrogen-bond acceptors (Lipinski definition) is 8. The molecule has 0 aliphatic carbocycles. The molecule has 0 aromatic heterocycles. The summed E-state index contributed by atoms with van der Waals surface area (Å²) < 4.78 is 20.4. The number of nitrogens with zero attached hydrogens (tertiary/aromatic N) is 2. The van der Waals surface area contributed by atoms with Crippen LogP contribution in [0.25, 0.3) is 0 Å². The lowest BCUT2D eigenvalue weighted by Gasteiger charge is -2.20. The molecule has 2 aromatic carbocycles. The van der Waals surface area contributed by atoms with Gasteiger partial charge in [-0.15, -0.1) is 11.6 Å². The van der Waals surface area contributed by atoms with Gasteiger partial charge in [-0.2, -0.15) is 0 Å². The molecule has 0 bridgehead atoms. The Morgan fingerprint density at radius 3 is 1.89 bits per heavy atom. The highest BCUT2D eigenvalue weighted by Gasteiger charge is 2.23. The zero-order valence-corrected chi connectivity index (χ0v) is 21.6. The Kier molecular flexibility index (Phi) is 12.4. The summed E-state index contributed by atoms with van der Waals surface area (Å²) in [5.74, 6) is 0.706. The fraction of sp³-hybridized carbons (Fsp3) is 0.462. The Bertz CT molecular complexity index is 940. The first-order chi connectivity index (χ1) is 16.9. The number of para-hydroxylation sites is 2. The van der Waals surface area contributed by atoms with Crippen LogP contribution in [0.2, 0.25) is 0 Å². The predicted octanol–water partition coefficient (Wildman–Crippen LogP) is 3.58. The molecule has 0 amide bonds. The molecule has 1 atom stereocenters. The Hall–Kier alpha value is -2.81. The van der Waals surface area contributed by atoms with E-state index >= 15 is 0 Å². The van der Waals surface area contributed by atoms with E-state index in [-0.39, 0.29) is 5.97 Å². The monoisotopic (exact) mass is 506 g/mol. The molecule has 9 heteroatoms. The van der Waals surface area contributed by atoms with Gasteiger partial charge in [0.2, 0.25) is 0 Å². The van der Waals surface area contributed by atoms with Crippen LogP contribution in [-0.2, 0) is 9.47 Å². The molecule has 0 spiro atoms. The van der Waals surface area contributed by atoms with Gasteiger partial charge >= 0.3 is 11.9 Å². The molecule has 35 heavy (non-hydrogen) atoms. The first kappa shape index (κ1) is 28.4. The van der Waals surface area contributed by atoms with Gasteiger partial charge in [-0.1, -0.05) is 24.3 Å². The van der Waals surface area contributed by atoms with Crippen LogP contribution in [0.5, 0.6) is 11.5 Å². The second kappa shape index (κ2) is 15.2. The van der Waals surface area contributed by atoms with Gasteiger partial charge in [0.1, 0.15) is 35.8 Å². The smallest absolute Gasteiger partial charge is 0.341 e. The van der Waals surface area contributed by atoms with Gasteiger partial charge < -0.3 is 23.8 Å². The zero-order chi connectivity index (χ0) is 25.6. The highest BCUT2D eigenvalue weighted by atomic mass is 35.5. The molecule has 1 aliphatic rings. The molecule has 0 unspecified atom stereocenters. The summed E-state index contributed by atoms with van der Waals surface area (Å²) in [5, 5.41) is 0. The van der Waals surface area contributed by atoms with Crippen molar-refractivity contribution in [3.63, 3.8) is 0 Å². The summed E-state index contributed by atoms with van der Waals surface area (Å²) in [4.78, 5) is 27.6. The van der Waals surface area contributed by atoms with E-state index in [0.717, 1.165) is 19.6 Å². The van der Waals surface area contributed by atoms with Crippen LogP contribution in [-0.4, -0.2) is 94.8 Å². The summed E-state index contributed by atoms with van der Waals surface area (Å²) in [5.41, 5.74) is 0.896. The highest BCUT2D eigenvalue weighted by Crippen LogP contribution is 2.20. The van der Waals surface area contributed by atoms with E-state index < -0.39 is 5.97 Å². The first-order valence-corrected chi connectivity index (χ1v) is 12.0. The molecule has 192 valence electrons. The van der Waals surface area contributed by atoms with Gasteiger partial charge in [0.15, 0.2) is 0 Å². The lowest BCUT2D eigenvalue weighted by molar-refractivity contribution is 0.0586. The van der Waals surface area contributed by atoms with E-state index in [4.69, 9.17) is 25.8 Å². The molecule has 1 saturated heterocycles. The van der Waals surface area contributed by atoms with Gasteiger partial charge in [-0.25, -0.2) is 9.59 Å². The fourth-order valence-electron chi connectivity index (χ4n) is 3.61. The summed E-state index contributed by atoms with van der Waals surface area (Å²) in [7, 11) is 6.96. The molecule has 1 heterocycles. The third kappa shape index (κ3) is 9.05. The van der Waals surface area contributed by atoms with E-state index in [1.54, 1.807) is 42.5 Å². The van der Waals surface area contributed by atoms with Crippen molar-refractivity contribution in [2.24, 2.45) is 0 Å². The van der Waals surface area contributed by atoms with E-state index in [2.05, 4.69) is 28.6 Å². The normalized spacial score (nSPS) is 15.2. The summed E-state index contributed by atoms with van der Waals surface area (Å²) >= 11 is 5.48. The van der Waals surface area contributed by atoms with Crippen LogP contribution in [0, 0.1) is 0 Å². The number of esters is 2. The number of ether oxygens (including phenoxy) is 4. The van der Waals surface area contributed by atoms with Gasteiger partial charge in [-0.3, -0.25) is 4.90 Å². The number of likely N-dealkylation sites (tertiary alicyclic amines) is 1. The van der Waals surface area contributed by atoms with E-state index in [1.165, 1.54) is 20.6 Å². The number of carbonyl (C=O) groups excluding carboxylic acids is 2. The van der Waals surface area contributed by atoms with Crippen LogP contribution >= 0.6 is 11.6 Å². The van der Waals surface area contributed by atoms with Crippen molar-refractivity contribution in [2.75, 3.05) is 67.0 Å². The quantitative estimate of drug-likeness (QED) is 0.357. The van der Waals surface area contributed by atoms with Crippen LogP contribution in [0.4, 0.5) is 0 Å². The number of likely N-dealkylation sites (N-methyl/N-ethyl adjacent to an activating group) is 1. The first-order valence-electron chi connectivity index (χ1n) is 11.5. The largest absolute Gasteiger partial charge is 0.491 e. The second-order valence-corrected chi connectivity index (χ2v) is 8.45. The minimum Gasteiger partial charge on any atom is -0.491 e. The average molecular weight is 507 g/mol. The maximum absolute atomic E-state index is 11.7. The highest BCUT2D eigenvalue weighted by molar-refractivity contribution is 6.18. The van der Waals surface area contributed by atoms with Crippen molar-refractivity contribution in [3.8, 4) is 11.5 Å². The summed E-state index contributed by atoms with van der Waals surface area (Å²) in [6.07, 6.45) is 1.20. The van der Waals surface area contributed by atoms with Crippen LogP contribution in [0.15, 0.2) is 48.5 Å². The van der Waals surface area contributed by atoms with Gasteiger partial charge in [0.25, 0.3) is 0 Å².